The average molecular weight is 274 g/mol. The van der Waals surface area contributed by atoms with Crippen LogP contribution >= 0.6 is 28.7 Å². The quantitative estimate of drug-likeness (QED) is 0.787. The van der Waals surface area contributed by atoms with E-state index in [2.05, 4.69) is 22.0 Å². The van der Waals surface area contributed by atoms with Gasteiger partial charge in [-0.05, 0) is 30.4 Å². The molecule has 1 unspecified atom stereocenters. The molecule has 0 saturated heterocycles. The second kappa shape index (κ2) is 4.50. The van der Waals surface area contributed by atoms with Crippen molar-refractivity contribution in [3.05, 3.63) is 29.8 Å². The number of nitrogens with one attached hydrogen (secondary N) is 1. The van der Waals surface area contributed by atoms with Crippen molar-refractivity contribution in [2.24, 2.45) is 4.76 Å². The molecule has 1 aliphatic rings. The Kier molecular flexibility index (Phi) is 3.45. The van der Waals surface area contributed by atoms with Crippen LogP contribution in [0.2, 0.25) is 0 Å². The summed E-state index contributed by atoms with van der Waals surface area (Å²) in [6, 6.07) is 8.20. The standard InChI is InChI=1S/C9H11N2PS3/c1-14-9-7-5-3-4-6-8(7)10-12(13,11-9)15-2/h3-6H,1-2H3,(H,10,11,13). The molecule has 1 aromatic carbocycles. The Morgan fingerprint density at radius 1 is 1.33 bits per heavy atom. The summed E-state index contributed by atoms with van der Waals surface area (Å²) in [6.07, 6.45) is 4.06. The van der Waals surface area contributed by atoms with Crippen LogP contribution in [-0.4, -0.2) is 17.6 Å². The summed E-state index contributed by atoms with van der Waals surface area (Å²) in [5.41, 5.74) is 0.454. The Balaban J connectivity index is 2.55. The van der Waals surface area contributed by atoms with Gasteiger partial charge in [0, 0.05) is 11.3 Å². The van der Waals surface area contributed by atoms with Gasteiger partial charge in [0.1, 0.15) is 5.04 Å². The molecule has 0 spiro atoms. The number of hydrogen-bond donors (Lipinski definition) is 1. The van der Waals surface area contributed by atoms with Crippen LogP contribution < -0.4 is 5.09 Å². The van der Waals surface area contributed by atoms with E-state index < -0.39 is 5.54 Å². The van der Waals surface area contributed by atoms with E-state index in [1.165, 1.54) is 5.56 Å². The molecule has 0 bridgehead atoms. The smallest absolute Gasteiger partial charge is 0.196 e. The molecule has 15 heavy (non-hydrogen) atoms. The first-order valence-electron chi connectivity index (χ1n) is 4.36. The van der Waals surface area contributed by atoms with Gasteiger partial charge in [-0.2, -0.15) is 0 Å². The minimum atomic E-state index is -1.83. The number of thioether (sulfide) groups is 1. The number of rotatable bonds is 1. The Morgan fingerprint density at radius 2 is 2.07 bits per heavy atom. The summed E-state index contributed by atoms with van der Waals surface area (Å²) >= 11 is 8.85. The fraction of sp³-hybridized carbons (Fsp3) is 0.222. The summed E-state index contributed by atoms with van der Waals surface area (Å²) in [7, 11) is 0. The molecule has 0 amide bonds. The minimum Gasteiger partial charge on any atom is -0.332 e. The first kappa shape index (κ1) is 11.5. The number of anilines is 1. The third-order valence-corrected chi connectivity index (χ3v) is 8.26. The van der Waals surface area contributed by atoms with Crippen LogP contribution in [0.1, 0.15) is 5.56 Å². The Hall–Kier alpha value is 0.0400. The second-order valence-electron chi connectivity index (χ2n) is 2.97. The van der Waals surface area contributed by atoms with Gasteiger partial charge in [0.05, 0.1) is 0 Å². The normalized spacial score (nSPS) is 24.0. The third kappa shape index (κ3) is 2.26. The summed E-state index contributed by atoms with van der Waals surface area (Å²) in [6.45, 7) is 0. The van der Waals surface area contributed by atoms with E-state index in [4.69, 9.17) is 11.8 Å². The summed E-state index contributed by atoms with van der Waals surface area (Å²) in [4.78, 5) is 0. The summed E-state index contributed by atoms with van der Waals surface area (Å²) in [5.74, 6) is 0. The topological polar surface area (TPSA) is 24.4 Å². The minimum absolute atomic E-state index is 1.06. The molecule has 2 nitrogen and oxygen atoms in total. The van der Waals surface area contributed by atoms with E-state index >= 15 is 0 Å². The first-order valence-corrected chi connectivity index (χ1v) is 10.2. The molecule has 0 saturated carbocycles. The number of hydrogen-bond acceptors (Lipinski definition) is 3. The van der Waals surface area contributed by atoms with Crippen molar-refractivity contribution in [3.8, 4) is 0 Å². The van der Waals surface area contributed by atoms with Crippen LogP contribution in [0.25, 0.3) is 0 Å². The van der Waals surface area contributed by atoms with Crippen molar-refractivity contribution in [3.63, 3.8) is 0 Å². The van der Waals surface area contributed by atoms with Crippen molar-refractivity contribution in [1.82, 2.24) is 0 Å². The lowest BCUT2D eigenvalue weighted by Crippen LogP contribution is -2.07. The highest BCUT2D eigenvalue weighted by atomic mass is 32.9. The van der Waals surface area contributed by atoms with Crippen LogP contribution in [-0.2, 0) is 11.8 Å². The molecule has 1 N–H and O–H groups in total. The number of benzene rings is 1. The van der Waals surface area contributed by atoms with Crippen LogP contribution in [0.5, 0.6) is 0 Å². The van der Waals surface area contributed by atoms with E-state index in [0.717, 1.165) is 10.7 Å². The monoisotopic (exact) mass is 274 g/mol. The highest BCUT2D eigenvalue weighted by Crippen LogP contribution is 2.61. The summed E-state index contributed by atoms with van der Waals surface area (Å²) in [5, 5.41) is 4.43. The molecule has 80 valence electrons. The predicted molar refractivity (Wildman–Crippen MR) is 77.9 cm³/mol. The molecule has 1 atom stereocenters. The van der Waals surface area contributed by atoms with Gasteiger partial charge in [-0.1, -0.05) is 29.6 Å². The van der Waals surface area contributed by atoms with E-state index in [0.29, 0.717) is 0 Å². The predicted octanol–water partition coefficient (Wildman–Crippen LogP) is 3.81. The average Bonchev–Trinajstić information content (AvgIpc) is 2.28. The fourth-order valence-corrected chi connectivity index (χ4v) is 5.43. The van der Waals surface area contributed by atoms with Crippen molar-refractivity contribution < 1.29 is 0 Å². The second-order valence-corrected chi connectivity index (χ2v) is 10.6. The zero-order chi connectivity index (χ0) is 10.9. The largest absolute Gasteiger partial charge is 0.332 e. The molecule has 0 fully saturated rings. The molecule has 0 radical (unpaired) electrons. The van der Waals surface area contributed by atoms with Crippen LogP contribution in [0.4, 0.5) is 5.69 Å². The van der Waals surface area contributed by atoms with Gasteiger partial charge in [-0.25, -0.2) is 4.76 Å². The zero-order valence-corrected chi connectivity index (χ0v) is 11.8. The van der Waals surface area contributed by atoms with Gasteiger partial charge in [0.2, 0.25) is 0 Å². The Bertz CT molecular complexity index is 458. The number of fused-ring (bicyclic) bond motifs is 1. The highest BCUT2D eigenvalue weighted by molar-refractivity contribution is 8.70. The van der Waals surface area contributed by atoms with Crippen molar-refractivity contribution in [2.45, 2.75) is 0 Å². The molecule has 0 aromatic heterocycles. The molecule has 0 aliphatic carbocycles. The Labute approximate surface area is 103 Å². The van der Waals surface area contributed by atoms with Gasteiger partial charge in [-0.3, -0.25) is 0 Å². The van der Waals surface area contributed by atoms with Crippen molar-refractivity contribution >= 4 is 51.2 Å². The van der Waals surface area contributed by atoms with Gasteiger partial charge in [-0.15, -0.1) is 11.8 Å². The highest BCUT2D eigenvalue weighted by Gasteiger charge is 2.23. The van der Waals surface area contributed by atoms with Crippen molar-refractivity contribution in [2.75, 3.05) is 17.6 Å². The van der Waals surface area contributed by atoms with Gasteiger partial charge < -0.3 is 5.09 Å². The molecular weight excluding hydrogens is 263 g/mol. The number of nitrogens with zero attached hydrogens (tertiary/aromatic N) is 1. The molecule has 1 aliphatic heterocycles. The lowest BCUT2D eigenvalue weighted by atomic mass is 10.2. The molecule has 1 heterocycles. The third-order valence-electron chi connectivity index (χ3n) is 2.08. The van der Waals surface area contributed by atoms with E-state index in [1.54, 1.807) is 23.1 Å². The lowest BCUT2D eigenvalue weighted by molar-refractivity contribution is 1.60. The molecule has 6 heteroatoms. The van der Waals surface area contributed by atoms with Crippen LogP contribution in [0.3, 0.4) is 0 Å². The number of para-hydroxylation sites is 1. The maximum atomic E-state index is 5.54. The van der Waals surface area contributed by atoms with Crippen LogP contribution in [0, 0.1) is 0 Å². The van der Waals surface area contributed by atoms with Gasteiger partial charge in [0.25, 0.3) is 0 Å². The SMILES string of the molecule is CSC1=NP(=S)(SC)Nc2ccccc21. The lowest BCUT2D eigenvalue weighted by Gasteiger charge is -2.25. The maximum Gasteiger partial charge on any atom is 0.196 e. The fourth-order valence-electron chi connectivity index (χ4n) is 1.36. The molecule has 2 rings (SSSR count). The first-order chi connectivity index (χ1) is 7.18. The van der Waals surface area contributed by atoms with Gasteiger partial charge in [0.15, 0.2) is 5.54 Å². The Morgan fingerprint density at radius 3 is 2.73 bits per heavy atom. The van der Waals surface area contributed by atoms with E-state index in [-0.39, 0.29) is 0 Å². The van der Waals surface area contributed by atoms with Gasteiger partial charge >= 0.3 is 0 Å². The summed E-state index contributed by atoms with van der Waals surface area (Å²) < 4.78 is 4.65. The molecular formula is C9H11N2PS3. The maximum absolute atomic E-state index is 5.54. The van der Waals surface area contributed by atoms with Crippen molar-refractivity contribution in [1.29, 1.82) is 0 Å². The molecule has 1 aromatic rings. The van der Waals surface area contributed by atoms with Crippen LogP contribution in [0.15, 0.2) is 29.0 Å². The zero-order valence-electron chi connectivity index (χ0n) is 8.43. The van der Waals surface area contributed by atoms with E-state index in [9.17, 15) is 0 Å². The van der Waals surface area contributed by atoms with E-state index in [1.807, 2.05) is 24.6 Å².